The summed E-state index contributed by atoms with van der Waals surface area (Å²) in [4.78, 5) is 45.0. The molecule has 1 fully saturated rings. The van der Waals surface area contributed by atoms with Gasteiger partial charge in [0.05, 0.1) is 21.7 Å². The van der Waals surface area contributed by atoms with Crippen molar-refractivity contribution < 1.29 is 23.5 Å². The summed E-state index contributed by atoms with van der Waals surface area (Å²) in [6.07, 6.45) is 4.50. The number of aryl methyl sites for hydroxylation is 2. The van der Waals surface area contributed by atoms with Gasteiger partial charge in [-0.2, -0.15) is 0 Å². The van der Waals surface area contributed by atoms with E-state index in [0.717, 1.165) is 23.4 Å². The number of unbranched alkanes of at least 4 members (excludes halogenated alkanes) is 1. The van der Waals surface area contributed by atoms with Gasteiger partial charge < -0.3 is 13.9 Å². The molecule has 4 rings (SSSR count). The fraction of sp³-hybridized carbons (Fsp3) is 0.481. The predicted molar refractivity (Wildman–Crippen MR) is 139 cm³/mol. The zero-order valence-electron chi connectivity index (χ0n) is 21.4. The minimum atomic E-state index is -0.725. The number of esters is 1. The molecule has 1 saturated heterocycles. The van der Waals surface area contributed by atoms with Gasteiger partial charge in [0.2, 0.25) is 5.43 Å². The fourth-order valence-corrected chi connectivity index (χ4v) is 4.86. The van der Waals surface area contributed by atoms with Crippen molar-refractivity contribution in [2.24, 2.45) is 0 Å². The number of fused-ring (bicyclic) bond motifs is 1. The first-order chi connectivity index (χ1) is 17.1. The quantitative estimate of drug-likeness (QED) is 0.301. The van der Waals surface area contributed by atoms with Gasteiger partial charge in [0.25, 0.3) is 0 Å². The van der Waals surface area contributed by atoms with Gasteiger partial charge in [-0.3, -0.25) is 9.69 Å². The van der Waals surface area contributed by atoms with Crippen molar-refractivity contribution in [3.63, 3.8) is 0 Å². The molecule has 3 heterocycles. The molecule has 0 radical (unpaired) electrons. The Bertz CT molecular complexity index is 1340. The van der Waals surface area contributed by atoms with Crippen molar-refractivity contribution in [1.82, 2.24) is 9.88 Å². The largest absolute Gasteiger partial charge is 0.463 e. The number of thiazole rings is 1. The Morgan fingerprint density at radius 1 is 1.28 bits per heavy atom. The number of carbonyl (C=O) groups is 2. The monoisotopic (exact) mass is 512 g/mol. The van der Waals surface area contributed by atoms with Crippen LogP contribution in [0.2, 0.25) is 0 Å². The van der Waals surface area contributed by atoms with E-state index >= 15 is 0 Å². The van der Waals surface area contributed by atoms with Gasteiger partial charge in [-0.15, -0.1) is 11.3 Å². The molecule has 36 heavy (non-hydrogen) atoms. The van der Waals surface area contributed by atoms with Crippen LogP contribution in [0.3, 0.4) is 0 Å². The van der Waals surface area contributed by atoms with Gasteiger partial charge in [0, 0.05) is 18.0 Å². The molecule has 0 spiro atoms. The van der Waals surface area contributed by atoms with Gasteiger partial charge in [-0.25, -0.2) is 14.6 Å². The number of ether oxygens (including phenoxy) is 2. The highest BCUT2D eigenvalue weighted by Gasteiger charge is 2.38. The second kappa shape index (κ2) is 10.4. The minimum Gasteiger partial charge on any atom is -0.463 e. The summed E-state index contributed by atoms with van der Waals surface area (Å²) in [5.41, 5.74) is 1.23. The number of amides is 1. The van der Waals surface area contributed by atoms with Crippen LogP contribution in [0.4, 0.5) is 4.79 Å². The number of benzene rings is 1. The Morgan fingerprint density at radius 2 is 2.06 bits per heavy atom. The molecule has 0 aliphatic carbocycles. The highest BCUT2D eigenvalue weighted by atomic mass is 32.1. The topological polar surface area (TPSA) is 98.9 Å². The molecule has 1 atom stereocenters. The van der Waals surface area contributed by atoms with E-state index in [1.165, 1.54) is 22.5 Å². The molecule has 0 bridgehead atoms. The minimum absolute atomic E-state index is 0.177. The van der Waals surface area contributed by atoms with Crippen LogP contribution in [0.25, 0.3) is 22.2 Å². The van der Waals surface area contributed by atoms with Crippen LogP contribution >= 0.6 is 11.3 Å². The second-order valence-electron chi connectivity index (χ2n) is 10.0. The van der Waals surface area contributed by atoms with Crippen molar-refractivity contribution in [2.75, 3.05) is 6.54 Å². The van der Waals surface area contributed by atoms with E-state index in [9.17, 15) is 14.4 Å². The Hall–Kier alpha value is -3.20. The maximum absolute atomic E-state index is 13.3. The van der Waals surface area contributed by atoms with E-state index in [1.807, 2.05) is 12.3 Å². The Labute approximate surface area is 214 Å². The maximum atomic E-state index is 13.3. The first-order valence-corrected chi connectivity index (χ1v) is 13.2. The number of nitrogens with zero attached hydrogens (tertiary/aromatic N) is 2. The van der Waals surface area contributed by atoms with Crippen molar-refractivity contribution in [2.45, 2.75) is 78.4 Å². The molecule has 1 amide bonds. The lowest BCUT2D eigenvalue weighted by molar-refractivity contribution is -0.139. The van der Waals surface area contributed by atoms with Crippen LogP contribution in [-0.2, 0) is 16.0 Å². The van der Waals surface area contributed by atoms with Gasteiger partial charge in [-0.05, 0) is 65.0 Å². The average Bonchev–Trinajstić information content (AvgIpc) is 3.46. The van der Waals surface area contributed by atoms with Crippen molar-refractivity contribution in [3.8, 4) is 17.0 Å². The number of hydrogen-bond donors (Lipinski definition) is 0. The van der Waals surface area contributed by atoms with Crippen LogP contribution in [0.15, 0.2) is 33.0 Å². The smallest absolute Gasteiger partial charge is 0.411 e. The molecule has 2 aromatic heterocycles. The number of likely N-dealkylation sites (tertiary alicyclic amines) is 1. The third-order valence-electron chi connectivity index (χ3n) is 6.01. The first kappa shape index (κ1) is 25.9. The molecule has 9 heteroatoms. The van der Waals surface area contributed by atoms with Gasteiger partial charge >= 0.3 is 12.1 Å². The molecule has 8 nitrogen and oxygen atoms in total. The van der Waals surface area contributed by atoms with Gasteiger partial charge in [-0.1, -0.05) is 13.3 Å². The summed E-state index contributed by atoms with van der Waals surface area (Å²) in [6, 6.07) is 2.63. The summed E-state index contributed by atoms with van der Waals surface area (Å²) >= 11 is 1.47. The zero-order valence-corrected chi connectivity index (χ0v) is 22.2. The SMILES string of the molecule is CCCCc1cc2c(=O)c(-c3csc(C)n3)coc2cc1OC(=O)[C@H]1CCCN1C(=O)OC(C)(C)C. The summed E-state index contributed by atoms with van der Waals surface area (Å²) in [6.45, 7) is 9.76. The van der Waals surface area contributed by atoms with E-state index in [4.69, 9.17) is 13.9 Å². The highest BCUT2D eigenvalue weighted by molar-refractivity contribution is 7.09. The van der Waals surface area contributed by atoms with Crippen molar-refractivity contribution >= 4 is 34.4 Å². The number of aromatic nitrogens is 1. The lowest BCUT2D eigenvalue weighted by atomic mass is 10.0. The summed E-state index contributed by atoms with van der Waals surface area (Å²) < 4.78 is 17.1. The average molecular weight is 513 g/mol. The Kier molecular flexibility index (Phi) is 7.49. The third kappa shape index (κ3) is 5.61. The van der Waals surface area contributed by atoms with Crippen molar-refractivity contribution in [1.29, 1.82) is 0 Å². The number of carbonyl (C=O) groups excluding carboxylic acids is 2. The molecule has 0 N–H and O–H groups in total. The molecule has 1 aliphatic rings. The fourth-order valence-electron chi connectivity index (χ4n) is 4.25. The highest BCUT2D eigenvalue weighted by Crippen LogP contribution is 2.30. The zero-order chi connectivity index (χ0) is 26.0. The maximum Gasteiger partial charge on any atom is 0.411 e. The van der Waals surface area contributed by atoms with Crippen LogP contribution in [-0.4, -0.2) is 40.1 Å². The van der Waals surface area contributed by atoms with Gasteiger partial charge in [0.15, 0.2) is 0 Å². The van der Waals surface area contributed by atoms with Crippen molar-refractivity contribution in [3.05, 3.63) is 44.6 Å². The lowest BCUT2D eigenvalue weighted by Gasteiger charge is -2.27. The van der Waals surface area contributed by atoms with Crippen LogP contribution in [0.1, 0.15) is 63.9 Å². The van der Waals surface area contributed by atoms with Crippen LogP contribution < -0.4 is 10.2 Å². The van der Waals surface area contributed by atoms with Crippen LogP contribution in [0, 0.1) is 6.92 Å². The predicted octanol–water partition coefficient (Wildman–Crippen LogP) is 5.87. The lowest BCUT2D eigenvalue weighted by Crippen LogP contribution is -2.44. The Balaban J connectivity index is 1.65. The molecule has 3 aromatic rings. The molecule has 1 aromatic carbocycles. The molecule has 192 valence electrons. The van der Waals surface area contributed by atoms with E-state index in [0.29, 0.717) is 53.8 Å². The Morgan fingerprint density at radius 3 is 2.72 bits per heavy atom. The molecule has 1 aliphatic heterocycles. The number of hydrogen-bond acceptors (Lipinski definition) is 8. The molecule has 0 saturated carbocycles. The first-order valence-electron chi connectivity index (χ1n) is 12.3. The molecule has 0 unspecified atom stereocenters. The van der Waals surface area contributed by atoms with E-state index in [2.05, 4.69) is 11.9 Å². The summed E-state index contributed by atoms with van der Waals surface area (Å²) in [5.74, 6) is -0.176. The van der Waals surface area contributed by atoms with E-state index < -0.39 is 23.7 Å². The van der Waals surface area contributed by atoms with Crippen LogP contribution in [0.5, 0.6) is 5.75 Å². The summed E-state index contributed by atoms with van der Waals surface area (Å²) in [5, 5.41) is 3.11. The third-order valence-corrected chi connectivity index (χ3v) is 6.79. The normalized spacial score (nSPS) is 15.9. The summed E-state index contributed by atoms with van der Waals surface area (Å²) in [7, 11) is 0. The van der Waals surface area contributed by atoms with E-state index in [1.54, 1.807) is 32.9 Å². The molecular formula is C27H32N2O6S. The second-order valence-corrected chi connectivity index (χ2v) is 11.1. The standard InChI is InChI=1S/C27H32N2O6S/c1-6-7-9-17-12-18-23(33-14-19(24(18)30)20-15-36-16(2)28-20)13-22(17)34-25(31)21-10-8-11-29(21)26(32)35-27(3,4)5/h12-15,21H,6-11H2,1-5H3/t21-/m1/s1. The molecular weight excluding hydrogens is 480 g/mol. The van der Waals surface area contributed by atoms with E-state index in [-0.39, 0.29) is 5.43 Å². The van der Waals surface area contributed by atoms with Gasteiger partial charge in [0.1, 0.15) is 29.2 Å². The number of rotatable bonds is 6.